The van der Waals surface area contributed by atoms with Crippen molar-refractivity contribution in [3.8, 4) is 6.07 Å². The van der Waals surface area contributed by atoms with Crippen molar-refractivity contribution in [1.82, 2.24) is 23.7 Å². The first-order valence-corrected chi connectivity index (χ1v) is 11.0. The fourth-order valence-electron chi connectivity index (χ4n) is 4.32. The van der Waals surface area contributed by atoms with Gasteiger partial charge in [-0.05, 0) is 25.8 Å². The highest BCUT2D eigenvalue weighted by Gasteiger charge is 2.27. The third-order valence-electron chi connectivity index (χ3n) is 6.02. The molecule has 34 heavy (non-hydrogen) atoms. The SMILES string of the molecule is CCn1c(N2CCCC(N)C2)nc2c1c(=O)n(Cc1cnccc1C#N)c(=O)n2CC(=O)OC. The fourth-order valence-corrected chi connectivity index (χ4v) is 4.32. The summed E-state index contributed by atoms with van der Waals surface area (Å²) in [6, 6.07) is 3.54. The van der Waals surface area contributed by atoms with E-state index in [1.807, 2.05) is 17.9 Å². The summed E-state index contributed by atoms with van der Waals surface area (Å²) in [6.07, 6.45) is 4.68. The number of nitrogens with zero attached hydrogens (tertiary/aromatic N) is 7. The van der Waals surface area contributed by atoms with Crippen molar-refractivity contribution in [3.63, 3.8) is 0 Å². The van der Waals surface area contributed by atoms with Crippen LogP contribution >= 0.6 is 0 Å². The van der Waals surface area contributed by atoms with Gasteiger partial charge in [-0.25, -0.2) is 4.79 Å². The minimum Gasteiger partial charge on any atom is -0.468 e. The topological polar surface area (TPSA) is 154 Å². The number of ether oxygens (including phenoxy) is 1. The van der Waals surface area contributed by atoms with Gasteiger partial charge in [0, 0.05) is 43.6 Å². The molecule has 178 valence electrons. The van der Waals surface area contributed by atoms with Crippen LogP contribution in [0.4, 0.5) is 5.95 Å². The van der Waals surface area contributed by atoms with Crippen molar-refractivity contribution >= 4 is 23.1 Å². The second-order valence-corrected chi connectivity index (χ2v) is 8.16. The number of nitriles is 1. The summed E-state index contributed by atoms with van der Waals surface area (Å²) >= 11 is 0. The number of aromatic nitrogens is 5. The molecule has 3 aromatic rings. The standard InChI is InChI=1S/C22H26N8O4/c1-3-28-18-19(26-21(28)27-8-4-5-16(24)12-27)29(13-17(31)34-2)22(33)30(20(18)32)11-15-10-25-7-6-14(15)9-23/h6-7,10,16H,3-5,8,11-13,24H2,1-2H3. The van der Waals surface area contributed by atoms with E-state index < -0.39 is 23.8 Å². The van der Waals surface area contributed by atoms with Crippen molar-refractivity contribution in [3.05, 3.63) is 50.4 Å². The molecule has 2 N–H and O–H groups in total. The summed E-state index contributed by atoms with van der Waals surface area (Å²) in [5, 5.41) is 9.42. The van der Waals surface area contributed by atoms with Gasteiger partial charge in [-0.15, -0.1) is 0 Å². The zero-order valence-electron chi connectivity index (χ0n) is 19.1. The molecule has 1 unspecified atom stereocenters. The Kier molecular flexibility index (Phi) is 6.47. The third-order valence-corrected chi connectivity index (χ3v) is 6.02. The number of aryl methyl sites for hydroxylation is 1. The van der Waals surface area contributed by atoms with Gasteiger partial charge >= 0.3 is 11.7 Å². The number of fused-ring (bicyclic) bond motifs is 1. The average molecular weight is 467 g/mol. The molecule has 0 radical (unpaired) electrons. The summed E-state index contributed by atoms with van der Waals surface area (Å²) in [7, 11) is 1.22. The number of imidazole rings is 1. The molecule has 0 saturated carbocycles. The maximum absolute atomic E-state index is 13.6. The molecule has 1 saturated heterocycles. The van der Waals surface area contributed by atoms with Gasteiger partial charge in [0.05, 0.1) is 25.3 Å². The maximum atomic E-state index is 13.6. The summed E-state index contributed by atoms with van der Waals surface area (Å²) in [6.45, 7) is 2.99. The van der Waals surface area contributed by atoms with E-state index in [2.05, 4.69) is 9.97 Å². The minimum absolute atomic E-state index is 0.0252. The van der Waals surface area contributed by atoms with E-state index in [-0.39, 0.29) is 23.8 Å². The molecule has 0 aromatic carbocycles. The second kappa shape index (κ2) is 9.48. The molecule has 12 nitrogen and oxygen atoms in total. The molecule has 4 rings (SSSR count). The van der Waals surface area contributed by atoms with Crippen molar-refractivity contribution in [2.24, 2.45) is 5.73 Å². The Balaban J connectivity index is 1.98. The van der Waals surface area contributed by atoms with E-state index in [1.54, 1.807) is 4.57 Å². The third kappa shape index (κ3) is 4.06. The lowest BCUT2D eigenvalue weighted by Crippen LogP contribution is -2.44. The first-order valence-electron chi connectivity index (χ1n) is 11.0. The fraction of sp³-hybridized carbons (Fsp3) is 0.455. The molecule has 1 atom stereocenters. The number of esters is 1. The molecule has 1 fully saturated rings. The molecule has 0 aliphatic carbocycles. The first kappa shape index (κ1) is 23.2. The molecule has 3 aromatic heterocycles. The number of rotatable bonds is 6. The Morgan fingerprint density at radius 2 is 2.12 bits per heavy atom. The van der Waals surface area contributed by atoms with Crippen LogP contribution in [-0.4, -0.2) is 55.9 Å². The number of pyridine rings is 1. The summed E-state index contributed by atoms with van der Waals surface area (Å²) in [4.78, 5) is 49.9. The lowest BCUT2D eigenvalue weighted by atomic mass is 10.1. The van der Waals surface area contributed by atoms with E-state index in [4.69, 9.17) is 10.5 Å². The van der Waals surface area contributed by atoms with Crippen molar-refractivity contribution in [1.29, 1.82) is 5.26 Å². The number of methoxy groups -OCH3 is 1. The number of carbonyl (C=O) groups is 1. The Bertz CT molecular complexity index is 1400. The Labute approximate surface area is 194 Å². The van der Waals surface area contributed by atoms with Crippen LogP contribution in [-0.2, 0) is 29.2 Å². The van der Waals surface area contributed by atoms with Crippen LogP contribution < -0.4 is 21.9 Å². The maximum Gasteiger partial charge on any atom is 0.333 e. The zero-order valence-corrected chi connectivity index (χ0v) is 19.1. The van der Waals surface area contributed by atoms with E-state index >= 15 is 0 Å². The largest absolute Gasteiger partial charge is 0.468 e. The summed E-state index contributed by atoms with van der Waals surface area (Å²) in [5.74, 6) is -0.125. The number of hydrogen-bond donors (Lipinski definition) is 1. The molecular weight excluding hydrogens is 440 g/mol. The zero-order chi connectivity index (χ0) is 24.4. The van der Waals surface area contributed by atoms with E-state index in [0.29, 0.717) is 36.7 Å². The van der Waals surface area contributed by atoms with Crippen molar-refractivity contribution in [2.75, 3.05) is 25.1 Å². The molecule has 0 spiro atoms. The van der Waals surface area contributed by atoms with Crippen LogP contribution in [0.25, 0.3) is 11.2 Å². The highest BCUT2D eigenvalue weighted by molar-refractivity contribution is 5.77. The van der Waals surface area contributed by atoms with Crippen LogP contribution in [0.3, 0.4) is 0 Å². The van der Waals surface area contributed by atoms with E-state index in [1.165, 1.54) is 25.6 Å². The average Bonchev–Trinajstić information content (AvgIpc) is 3.24. The second-order valence-electron chi connectivity index (χ2n) is 8.16. The summed E-state index contributed by atoms with van der Waals surface area (Å²) in [5.41, 5.74) is 5.90. The van der Waals surface area contributed by atoms with Gasteiger partial charge in [0.15, 0.2) is 11.2 Å². The van der Waals surface area contributed by atoms with Crippen LogP contribution in [0.1, 0.15) is 30.9 Å². The number of anilines is 1. The van der Waals surface area contributed by atoms with E-state index in [9.17, 15) is 19.6 Å². The molecule has 12 heteroatoms. The quantitative estimate of drug-likeness (QED) is 0.486. The van der Waals surface area contributed by atoms with Crippen LogP contribution in [0.5, 0.6) is 0 Å². The molecule has 1 aliphatic heterocycles. The number of piperidine rings is 1. The normalized spacial score (nSPS) is 15.9. The van der Waals surface area contributed by atoms with Gasteiger partial charge in [0.2, 0.25) is 5.95 Å². The van der Waals surface area contributed by atoms with Crippen molar-refractivity contribution in [2.45, 2.75) is 45.4 Å². The molecular formula is C22H26N8O4. The highest BCUT2D eigenvalue weighted by Crippen LogP contribution is 2.23. The van der Waals surface area contributed by atoms with Crippen LogP contribution in [0, 0.1) is 11.3 Å². The Morgan fingerprint density at radius 1 is 1.32 bits per heavy atom. The number of nitrogens with two attached hydrogens (primary N) is 1. The highest BCUT2D eigenvalue weighted by atomic mass is 16.5. The predicted molar refractivity (Wildman–Crippen MR) is 123 cm³/mol. The van der Waals surface area contributed by atoms with E-state index in [0.717, 1.165) is 22.0 Å². The van der Waals surface area contributed by atoms with Gasteiger partial charge in [-0.1, -0.05) is 0 Å². The molecule has 4 heterocycles. The summed E-state index contributed by atoms with van der Waals surface area (Å²) < 4.78 is 8.67. The Hall–Kier alpha value is -3.98. The number of carbonyl (C=O) groups excluding carboxylic acids is 1. The van der Waals surface area contributed by atoms with Gasteiger partial charge in [0.25, 0.3) is 5.56 Å². The van der Waals surface area contributed by atoms with Crippen LogP contribution in [0.2, 0.25) is 0 Å². The van der Waals surface area contributed by atoms with Crippen LogP contribution in [0.15, 0.2) is 28.0 Å². The van der Waals surface area contributed by atoms with Gasteiger partial charge in [-0.2, -0.15) is 10.2 Å². The minimum atomic E-state index is -0.724. The Morgan fingerprint density at radius 3 is 2.79 bits per heavy atom. The monoisotopic (exact) mass is 466 g/mol. The lowest BCUT2D eigenvalue weighted by molar-refractivity contribution is -0.141. The molecule has 1 aliphatic rings. The van der Waals surface area contributed by atoms with Crippen molar-refractivity contribution < 1.29 is 9.53 Å². The number of hydrogen-bond acceptors (Lipinski definition) is 9. The van der Waals surface area contributed by atoms with Gasteiger partial charge in [0.1, 0.15) is 6.54 Å². The first-order chi connectivity index (χ1) is 16.4. The van der Waals surface area contributed by atoms with Gasteiger partial charge < -0.3 is 19.9 Å². The molecule has 0 bridgehead atoms. The van der Waals surface area contributed by atoms with Gasteiger partial charge in [-0.3, -0.25) is 23.7 Å². The molecule has 0 amide bonds. The smallest absolute Gasteiger partial charge is 0.333 e. The lowest BCUT2D eigenvalue weighted by Gasteiger charge is -2.31. The predicted octanol–water partition coefficient (Wildman–Crippen LogP) is -0.205.